The van der Waals surface area contributed by atoms with Crippen molar-refractivity contribution in [1.29, 1.82) is 0 Å². The highest BCUT2D eigenvalue weighted by Gasteiger charge is 2.02. The largest absolute Gasteiger partial charge is 0.277 e. The zero-order chi connectivity index (χ0) is 9.54. The standard InChI is InChI=1S/C10H6ClN3/c11-9-4-2-7-8(13-9)3-1-6-5-12-14-10(6)7/h1-5H,(H,12,14). The van der Waals surface area contributed by atoms with E-state index in [0.29, 0.717) is 5.15 Å². The number of H-pyrrole nitrogens is 1. The minimum atomic E-state index is 0.511. The van der Waals surface area contributed by atoms with Crippen molar-refractivity contribution in [3.8, 4) is 0 Å². The van der Waals surface area contributed by atoms with Crippen LogP contribution in [0.5, 0.6) is 0 Å². The lowest BCUT2D eigenvalue weighted by Crippen LogP contribution is -1.80. The normalized spacial score (nSPS) is 11.2. The van der Waals surface area contributed by atoms with Gasteiger partial charge in [-0.05, 0) is 24.3 Å². The summed E-state index contributed by atoms with van der Waals surface area (Å²) in [7, 11) is 0. The van der Waals surface area contributed by atoms with E-state index in [1.165, 1.54) is 0 Å². The van der Waals surface area contributed by atoms with E-state index < -0.39 is 0 Å². The Balaban J connectivity index is 2.57. The number of hydrogen-bond donors (Lipinski definition) is 1. The van der Waals surface area contributed by atoms with E-state index in [1.807, 2.05) is 18.2 Å². The lowest BCUT2D eigenvalue weighted by Gasteiger charge is -1.98. The van der Waals surface area contributed by atoms with Gasteiger partial charge in [0.15, 0.2) is 0 Å². The number of aromatic nitrogens is 3. The number of pyridine rings is 1. The Bertz CT molecular complexity index is 615. The van der Waals surface area contributed by atoms with Crippen LogP contribution in [-0.4, -0.2) is 15.2 Å². The lowest BCUT2D eigenvalue weighted by atomic mass is 10.1. The summed E-state index contributed by atoms with van der Waals surface area (Å²) >= 11 is 5.81. The van der Waals surface area contributed by atoms with E-state index in [2.05, 4.69) is 15.2 Å². The van der Waals surface area contributed by atoms with Crippen LogP contribution in [0.3, 0.4) is 0 Å². The molecule has 0 atom stereocenters. The SMILES string of the molecule is Clc1ccc2c(ccc3cn[nH]c32)n1. The van der Waals surface area contributed by atoms with Gasteiger partial charge < -0.3 is 0 Å². The maximum absolute atomic E-state index is 5.81. The van der Waals surface area contributed by atoms with Crippen LogP contribution in [0.2, 0.25) is 5.15 Å². The van der Waals surface area contributed by atoms with Crippen LogP contribution in [0.15, 0.2) is 30.5 Å². The molecule has 0 bridgehead atoms. The number of halogens is 1. The van der Waals surface area contributed by atoms with Gasteiger partial charge in [0.1, 0.15) is 5.15 Å². The summed E-state index contributed by atoms with van der Waals surface area (Å²) in [6.45, 7) is 0. The molecule has 14 heavy (non-hydrogen) atoms. The van der Waals surface area contributed by atoms with Gasteiger partial charge in [-0.25, -0.2) is 4.98 Å². The van der Waals surface area contributed by atoms with E-state index in [-0.39, 0.29) is 0 Å². The number of rotatable bonds is 0. The van der Waals surface area contributed by atoms with Gasteiger partial charge in [-0.2, -0.15) is 5.10 Å². The summed E-state index contributed by atoms with van der Waals surface area (Å²) < 4.78 is 0. The van der Waals surface area contributed by atoms with Gasteiger partial charge in [0.05, 0.1) is 17.2 Å². The predicted octanol–water partition coefficient (Wildman–Crippen LogP) is 2.76. The number of nitrogens with one attached hydrogen (secondary N) is 1. The Morgan fingerprint density at radius 2 is 2.07 bits per heavy atom. The maximum Gasteiger partial charge on any atom is 0.129 e. The van der Waals surface area contributed by atoms with Gasteiger partial charge in [-0.15, -0.1) is 0 Å². The average Bonchev–Trinajstić information content (AvgIpc) is 2.65. The molecule has 0 unspecified atom stereocenters. The minimum absolute atomic E-state index is 0.511. The van der Waals surface area contributed by atoms with E-state index in [9.17, 15) is 0 Å². The third kappa shape index (κ3) is 0.992. The first kappa shape index (κ1) is 7.76. The Morgan fingerprint density at radius 1 is 1.14 bits per heavy atom. The maximum atomic E-state index is 5.81. The topological polar surface area (TPSA) is 41.6 Å². The van der Waals surface area contributed by atoms with Crippen LogP contribution in [0.25, 0.3) is 21.8 Å². The molecule has 68 valence electrons. The van der Waals surface area contributed by atoms with Crippen LogP contribution < -0.4 is 0 Å². The summed E-state index contributed by atoms with van der Waals surface area (Å²) in [6, 6.07) is 7.65. The van der Waals surface area contributed by atoms with Crippen LogP contribution >= 0.6 is 11.6 Å². The highest BCUT2D eigenvalue weighted by atomic mass is 35.5. The number of benzene rings is 1. The first-order valence-corrected chi connectivity index (χ1v) is 4.61. The summed E-state index contributed by atoms with van der Waals surface area (Å²) in [4.78, 5) is 4.22. The lowest BCUT2D eigenvalue weighted by molar-refractivity contribution is 1.12. The van der Waals surface area contributed by atoms with Gasteiger partial charge in [0.25, 0.3) is 0 Å². The quantitative estimate of drug-likeness (QED) is 0.571. The Morgan fingerprint density at radius 3 is 3.00 bits per heavy atom. The fourth-order valence-corrected chi connectivity index (χ4v) is 1.75. The van der Waals surface area contributed by atoms with E-state index >= 15 is 0 Å². The van der Waals surface area contributed by atoms with Crippen LogP contribution in [0.1, 0.15) is 0 Å². The number of aromatic amines is 1. The van der Waals surface area contributed by atoms with Crippen molar-refractivity contribution in [2.24, 2.45) is 0 Å². The molecule has 0 saturated carbocycles. The molecule has 1 N–H and O–H groups in total. The van der Waals surface area contributed by atoms with Crippen molar-refractivity contribution in [3.05, 3.63) is 35.6 Å². The molecule has 3 nitrogen and oxygen atoms in total. The van der Waals surface area contributed by atoms with E-state index in [0.717, 1.165) is 21.8 Å². The fraction of sp³-hybridized carbons (Fsp3) is 0. The van der Waals surface area contributed by atoms with Crippen molar-refractivity contribution >= 4 is 33.4 Å². The molecule has 0 saturated heterocycles. The van der Waals surface area contributed by atoms with Gasteiger partial charge in [-0.3, -0.25) is 5.10 Å². The average molecular weight is 204 g/mol. The first-order chi connectivity index (χ1) is 6.84. The molecule has 0 aliphatic rings. The van der Waals surface area contributed by atoms with Gasteiger partial charge in [-0.1, -0.05) is 11.6 Å². The molecule has 0 amide bonds. The molecule has 0 aliphatic carbocycles. The minimum Gasteiger partial charge on any atom is -0.277 e. The summed E-state index contributed by atoms with van der Waals surface area (Å²) in [5.74, 6) is 0. The third-order valence-corrected chi connectivity index (χ3v) is 2.46. The Hall–Kier alpha value is -1.61. The number of fused-ring (bicyclic) bond motifs is 3. The van der Waals surface area contributed by atoms with Crippen LogP contribution in [-0.2, 0) is 0 Å². The molecule has 0 spiro atoms. The highest BCUT2D eigenvalue weighted by Crippen LogP contribution is 2.23. The summed E-state index contributed by atoms with van der Waals surface area (Å²) in [6.07, 6.45) is 1.80. The van der Waals surface area contributed by atoms with E-state index in [1.54, 1.807) is 12.3 Å². The Labute approximate surface area is 84.7 Å². The molecule has 3 aromatic rings. The summed E-state index contributed by atoms with van der Waals surface area (Å²) in [5.41, 5.74) is 1.89. The second-order valence-electron chi connectivity index (χ2n) is 3.10. The molecule has 4 heteroatoms. The predicted molar refractivity (Wildman–Crippen MR) is 56.4 cm³/mol. The third-order valence-electron chi connectivity index (χ3n) is 2.25. The molecular weight excluding hydrogens is 198 g/mol. The molecule has 2 aromatic heterocycles. The van der Waals surface area contributed by atoms with Gasteiger partial charge in [0.2, 0.25) is 0 Å². The molecule has 0 fully saturated rings. The van der Waals surface area contributed by atoms with Gasteiger partial charge >= 0.3 is 0 Å². The Kier molecular flexibility index (Phi) is 1.49. The van der Waals surface area contributed by atoms with Crippen LogP contribution in [0, 0.1) is 0 Å². The molecule has 0 aliphatic heterocycles. The summed E-state index contributed by atoms with van der Waals surface area (Å²) in [5, 5.41) is 9.58. The van der Waals surface area contributed by atoms with Crippen molar-refractivity contribution in [1.82, 2.24) is 15.2 Å². The smallest absolute Gasteiger partial charge is 0.129 e. The molecular formula is C10H6ClN3. The second kappa shape index (κ2) is 2.69. The number of nitrogens with zero attached hydrogens (tertiary/aromatic N) is 2. The monoisotopic (exact) mass is 203 g/mol. The van der Waals surface area contributed by atoms with E-state index in [4.69, 9.17) is 11.6 Å². The van der Waals surface area contributed by atoms with Crippen molar-refractivity contribution in [2.45, 2.75) is 0 Å². The highest BCUT2D eigenvalue weighted by molar-refractivity contribution is 6.30. The molecule has 0 radical (unpaired) electrons. The van der Waals surface area contributed by atoms with Crippen molar-refractivity contribution in [3.63, 3.8) is 0 Å². The molecule has 1 aromatic carbocycles. The van der Waals surface area contributed by atoms with Crippen molar-refractivity contribution in [2.75, 3.05) is 0 Å². The van der Waals surface area contributed by atoms with Crippen LogP contribution in [0.4, 0.5) is 0 Å². The fourth-order valence-electron chi connectivity index (χ4n) is 1.59. The molecule has 2 heterocycles. The first-order valence-electron chi connectivity index (χ1n) is 4.23. The molecule has 3 rings (SSSR count). The number of hydrogen-bond acceptors (Lipinski definition) is 2. The van der Waals surface area contributed by atoms with Gasteiger partial charge in [0, 0.05) is 10.8 Å². The second-order valence-corrected chi connectivity index (χ2v) is 3.49. The zero-order valence-electron chi connectivity index (χ0n) is 7.16. The van der Waals surface area contributed by atoms with Crippen molar-refractivity contribution < 1.29 is 0 Å². The zero-order valence-corrected chi connectivity index (χ0v) is 7.92.